The molecule has 1 aromatic rings. The van der Waals surface area contributed by atoms with E-state index in [1.54, 1.807) is 23.9 Å². The number of rotatable bonds is 8. The number of aliphatic hydroxyl groups is 1. The molecule has 0 aromatic heterocycles. The van der Waals surface area contributed by atoms with Gasteiger partial charge in [-0.15, -0.1) is 11.8 Å². The zero-order valence-corrected chi connectivity index (χ0v) is 11.2. The van der Waals surface area contributed by atoms with E-state index >= 15 is 0 Å². The van der Waals surface area contributed by atoms with Gasteiger partial charge >= 0.3 is 0 Å². The standard InChI is InChI=1S/C14H21FOS/c1-2-3-4-5-6-13(16)11-17-14-9-7-12(15)8-10-14/h7-10,13,16H,2-6,11H2,1H3. The SMILES string of the molecule is CCCCCCC(O)CSc1ccc(F)cc1. The Morgan fingerprint density at radius 3 is 2.53 bits per heavy atom. The number of hydrogen-bond acceptors (Lipinski definition) is 2. The fourth-order valence-electron chi connectivity index (χ4n) is 1.61. The molecule has 1 rings (SSSR count). The van der Waals surface area contributed by atoms with Crippen molar-refractivity contribution in [2.24, 2.45) is 0 Å². The van der Waals surface area contributed by atoms with Crippen LogP contribution in [0.5, 0.6) is 0 Å². The van der Waals surface area contributed by atoms with Gasteiger partial charge in [0.1, 0.15) is 5.82 Å². The molecule has 0 spiro atoms. The van der Waals surface area contributed by atoms with Crippen LogP contribution in [0.3, 0.4) is 0 Å². The van der Waals surface area contributed by atoms with Crippen LogP contribution in [-0.4, -0.2) is 17.0 Å². The molecule has 96 valence electrons. The van der Waals surface area contributed by atoms with Crippen molar-refractivity contribution < 1.29 is 9.50 Å². The minimum absolute atomic E-state index is 0.213. The lowest BCUT2D eigenvalue weighted by Crippen LogP contribution is -2.09. The highest BCUT2D eigenvalue weighted by Gasteiger charge is 2.04. The van der Waals surface area contributed by atoms with E-state index in [4.69, 9.17) is 0 Å². The number of benzene rings is 1. The van der Waals surface area contributed by atoms with Crippen LogP contribution in [0.25, 0.3) is 0 Å². The van der Waals surface area contributed by atoms with Crippen LogP contribution < -0.4 is 0 Å². The Balaban J connectivity index is 2.14. The van der Waals surface area contributed by atoms with Gasteiger partial charge in [0, 0.05) is 10.6 Å². The minimum Gasteiger partial charge on any atom is -0.392 e. The van der Waals surface area contributed by atoms with Gasteiger partial charge in [-0.3, -0.25) is 0 Å². The van der Waals surface area contributed by atoms with Crippen LogP contribution in [0.1, 0.15) is 39.0 Å². The molecule has 1 aromatic carbocycles. The average molecular weight is 256 g/mol. The first-order valence-electron chi connectivity index (χ1n) is 6.28. The molecule has 0 bridgehead atoms. The summed E-state index contributed by atoms with van der Waals surface area (Å²) in [4.78, 5) is 1.01. The van der Waals surface area contributed by atoms with Crippen molar-refractivity contribution in [1.29, 1.82) is 0 Å². The van der Waals surface area contributed by atoms with Crippen LogP contribution in [0.2, 0.25) is 0 Å². The Kier molecular flexibility index (Phi) is 7.29. The van der Waals surface area contributed by atoms with Crippen molar-refractivity contribution in [3.8, 4) is 0 Å². The first-order valence-corrected chi connectivity index (χ1v) is 7.27. The first-order chi connectivity index (χ1) is 8.22. The van der Waals surface area contributed by atoms with E-state index in [1.807, 2.05) is 0 Å². The molecule has 1 atom stereocenters. The van der Waals surface area contributed by atoms with Crippen LogP contribution >= 0.6 is 11.8 Å². The Labute approximate surface area is 107 Å². The quantitative estimate of drug-likeness (QED) is 0.554. The highest BCUT2D eigenvalue weighted by Crippen LogP contribution is 2.20. The van der Waals surface area contributed by atoms with Crippen LogP contribution in [-0.2, 0) is 0 Å². The normalized spacial score (nSPS) is 12.6. The molecule has 17 heavy (non-hydrogen) atoms. The van der Waals surface area contributed by atoms with E-state index in [2.05, 4.69) is 6.92 Å². The van der Waals surface area contributed by atoms with E-state index < -0.39 is 0 Å². The Hall–Kier alpha value is -0.540. The molecule has 0 aliphatic rings. The molecule has 0 saturated carbocycles. The maximum absolute atomic E-state index is 12.7. The third-order valence-corrected chi connectivity index (χ3v) is 3.80. The second kappa shape index (κ2) is 8.54. The first kappa shape index (κ1) is 14.5. The second-order valence-electron chi connectivity index (χ2n) is 4.27. The Bertz CT molecular complexity index is 300. The van der Waals surface area contributed by atoms with Crippen LogP contribution in [0.4, 0.5) is 4.39 Å². The smallest absolute Gasteiger partial charge is 0.123 e. The van der Waals surface area contributed by atoms with E-state index in [0.29, 0.717) is 5.75 Å². The third kappa shape index (κ3) is 6.69. The molecule has 0 amide bonds. The van der Waals surface area contributed by atoms with Gasteiger partial charge in [0.25, 0.3) is 0 Å². The number of aliphatic hydroxyl groups excluding tert-OH is 1. The van der Waals surface area contributed by atoms with Crippen molar-refractivity contribution in [2.45, 2.75) is 50.0 Å². The maximum atomic E-state index is 12.7. The average Bonchev–Trinajstić information content (AvgIpc) is 2.34. The molecule has 1 nitrogen and oxygen atoms in total. The van der Waals surface area contributed by atoms with Crippen molar-refractivity contribution in [3.63, 3.8) is 0 Å². The predicted octanol–water partition coefficient (Wildman–Crippen LogP) is 4.25. The zero-order chi connectivity index (χ0) is 12.5. The lowest BCUT2D eigenvalue weighted by atomic mass is 10.1. The summed E-state index contributed by atoms with van der Waals surface area (Å²) in [5, 5.41) is 9.77. The van der Waals surface area contributed by atoms with Gasteiger partial charge in [0.2, 0.25) is 0 Å². The molecule has 0 heterocycles. The fourth-order valence-corrected chi connectivity index (χ4v) is 2.49. The molecule has 1 N–H and O–H groups in total. The number of thioether (sulfide) groups is 1. The summed E-state index contributed by atoms with van der Waals surface area (Å²) in [5.74, 6) is 0.479. The lowest BCUT2D eigenvalue weighted by Gasteiger charge is -2.09. The van der Waals surface area contributed by atoms with E-state index in [9.17, 15) is 9.50 Å². The highest BCUT2D eigenvalue weighted by molar-refractivity contribution is 7.99. The van der Waals surface area contributed by atoms with Gasteiger partial charge in [0.05, 0.1) is 6.10 Å². The van der Waals surface area contributed by atoms with Crippen molar-refractivity contribution in [3.05, 3.63) is 30.1 Å². The van der Waals surface area contributed by atoms with Gasteiger partial charge in [-0.05, 0) is 30.7 Å². The summed E-state index contributed by atoms with van der Waals surface area (Å²) < 4.78 is 12.7. The van der Waals surface area contributed by atoms with Crippen LogP contribution in [0, 0.1) is 5.82 Å². The molecule has 1 unspecified atom stereocenters. The van der Waals surface area contributed by atoms with Gasteiger partial charge in [-0.25, -0.2) is 4.39 Å². The molecule has 0 radical (unpaired) electrons. The van der Waals surface area contributed by atoms with Crippen LogP contribution in [0.15, 0.2) is 29.2 Å². The summed E-state index contributed by atoms with van der Waals surface area (Å²) >= 11 is 1.58. The Morgan fingerprint density at radius 1 is 1.18 bits per heavy atom. The minimum atomic E-state index is -0.248. The monoisotopic (exact) mass is 256 g/mol. The summed E-state index contributed by atoms with van der Waals surface area (Å²) in [6.07, 6.45) is 5.39. The van der Waals surface area contributed by atoms with Crippen molar-refractivity contribution in [1.82, 2.24) is 0 Å². The van der Waals surface area contributed by atoms with Gasteiger partial charge in [-0.2, -0.15) is 0 Å². The highest BCUT2D eigenvalue weighted by atomic mass is 32.2. The lowest BCUT2D eigenvalue weighted by molar-refractivity contribution is 0.185. The fraction of sp³-hybridized carbons (Fsp3) is 0.571. The van der Waals surface area contributed by atoms with Gasteiger partial charge in [-0.1, -0.05) is 32.6 Å². The van der Waals surface area contributed by atoms with Crippen molar-refractivity contribution >= 4 is 11.8 Å². The van der Waals surface area contributed by atoms with Gasteiger partial charge in [0.15, 0.2) is 0 Å². The number of unbranched alkanes of at least 4 members (excludes halogenated alkanes) is 3. The molecular formula is C14H21FOS. The summed E-state index contributed by atoms with van der Waals surface area (Å²) in [5.41, 5.74) is 0. The predicted molar refractivity (Wildman–Crippen MR) is 71.9 cm³/mol. The number of halogens is 1. The molecular weight excluding hydrogens is 235 g/mol. The largest absolute Gasteiger partial charge is 0.392 e. The summed E-state index contributed by atoms with van der Waals surface area (Å²) in [7, 11) is 0. The maximum Gasteiger partial charge on any atom is 0.123 e. The topological polar surface area (TPSA) is 20.2 Å². The molecule has 0 aliphatic heterocycles. The molecule has 3 heteroatoms. The van der Waals surface area contributed by atoms with E-state index in [0.717, 1.165) is 17.7 Å². The van der Waals surface area contributed by atoms with E-state index in [-0.39, 0.29) is 11.9 Å². The Morgan fingerprint density at radius 2 is 1.88 bits per heavy atom. The molecule has 0 fully saturated rings. The van der Waals surface area contributed by atoms with E-state index in [1.165, 1.54) is 31.4 Å². The third-order valence-electron chi connectivity index (χ3n) is 2.65. The van der Waals surface area contributed by atoms with Gasteiger partial charge < -0.3 is 5.11 Å². The number of hydrogen-bond donors (Lipinski definition) is 1. The molecule has 0 saturated heterocycles. The summed E-state index contributed by atoms with van der Waals surface area (Å²) in [6.45, 7) is 2.18. The second-order valence-corrected chi connectivity index (χ2v) is 5.36. The zero-order valence-electron chi connectivity index (χ0n) is 10.4. The molecule has 0 aliphatic carbocycles. The van der Waals surface area contributed by atoms with Crippen molar-refractivity contribution in [2.75, 3.05) is 5.75 Å². The summed E-state index contributed by atoms with van der Waals surface area (Å²) in [6, 6.07) is 6.42.